The monoisotopic (exact) mass is 348 g/mol. The first kappa shape index (κ1) is 16.0. The quantitative estimate of drug-likeness (QED) is 0.416. The van der Waals surface area contributed by atoms with E-state index in [2.05, 4.69) is 19.8 Å². The Balaban J connectivity index is 1.96. The first-order chi connectivity index (χ1) is 12.6. The van der Waals surface area contributed by atoms with Gasteiger partial charge in [0.25, 0.3) is 6.47 Å². The van der Waals surface area contributed by atoms with Crippen molar-refractivity contribution < 1.29 is 18.9 Å². The van der Waals surface area contributed by atoms with E-state index in [0.717, 1.165) is 10.9 Å². The number of nitrogens with two attached hydrogens (primary N) is 1. The van der Waals surface area contributed by atoms with Crippen LogP contribution in [0.1, 0.15) is 5.89 Å². The van der Waals surface area contributed by atoms with Crippen molar-refractivity contribution in [3.05, 3.63) is 42.4 Å². The number of benzene rings is 2. The smallest absolute Gasteiger partial charge is 0.508 e. The maximum Gasteiger partial charge on any atom is 0.561 e. The maximum absolute atomic E-state index is 10.5. The van der Waals surface area contributed by atoms with Crippen molar-refractivity contribution in [1.82, 2.24) is 15.2 Å². The Hall–Kier alpha value is -3.46. The fraction of sp³-hybridized carbons (Fsp3) is 0.0588. The number of aromatic nitrogens is 3. The van der Waals surface area contributed by atoms with Crippen LogP contribution in [0.25, 0.3) is 33.1 Å². The minimum absolute atomic E-state index is 0.191. The van der Waals surface area contributed by atoms with Crippen molar-refractivity contribution in [2.24, 2.45) is 0 Å². The molecule has 0 saturated carbocycles. The summed E-state index contributed by atoms with van der Waals surface area (Å²) in [5.41, 5.74) is 10.0. The van der Waals surface area contributed by atoms with Crippen molar-refractivity contribution in [2.75, 3.05) is 5.73 Å². The molecule has 2 aromatic heterocycles. The van der Waals surface area contributed by atoms with Gasteiger partial charge in [0.05, 0.1) is 17.4 Å². The van der Waals surface area contributed by atoms with Crippen molar-refractivity contribution >= 4 is 46.7 Å². The second-order valence-electron chi connectivity index (χ2n) is 5.77. The Morgan fingerprint density at radius 2 is 2.12 bits per heavy atom. The highest BCUT2D eigenvalue weighted by Crippen LogP contribution is 2.31. The molecule has 128 valence electrons. The molecule has 3 N–H and O–H groups in total. The van der Waals surface area contributed by atoms with E-state index in [1.54, 1.807) is 19.1 Å². The third-order valence-corrected chi connectivity index (χ3v) is 4.07. The first-order valence-corrected chi connectivity index (χ1v) is 7.76. The summed E-state index contributed by atoms with van der Waals surface area (Å²) in [6.45, 7) is 1.92. The van der Waals surface area contributed by atoms with Gasteiger partial charge in [-0.15, -0.1) is 0 Å². The Morgan fingerprint density at radius 1 is 1.27 bits per heavy atom. The lowest BCUT2D eigenvalue weighted by Crippen LogP contribution is -2.33. The third kappa shape index (κ3) is 2.64. The van der Waals surface area contributed by atoms with Crippen LogP contribution in [-0.2, 0) is 9.45 Å². The Bertz CT molecular complexity index is 1140. The number of carbonyl (C=O) groups is 1. The molecule has 0 aliphatic carbocycles. The van der Waals surface area contributed by atoms with E-state index in [0.29, 0.717) is 39.2 Å². The average Bonchev–Trinajstić information content (AvgIpc) is 3.01. The molecule has 2 heterocycles. The lowest BCUT2D eigenvalue weighted by molar-refractivity contribution is -0.121. The highest BCUT2D eigenvalue weighted by Gasteiger charge is 2.22. The van der Waals surface area contributed by atoms with Crippen LogP contribution in [0.3, 0.4) is 0 Å². The molecule has 9 heteroatoms. The molecule has 0 radical (unpaired) electrons. The lowest BCUT2D eigenvalue weighted by Gasteiger charge is -2.09. The first-order valence-electron chi connectivity index (χ1n) is 7.76. The lowest BCUT2D eigenvalue weighted by atomic mass is 9.78. The summed E-state index contributed by atoms with van der Waals surface area (Å²) in [6.07, 6.45) is 1.49. The van der Waals surface area contributed by atoms with Gasteiger partial charge in [-0.05, 0) is 35.3 Å². The normalized spacial score (nSPS) is 11.0. The Morgan fingerprint density at radius 3 is 2.92 bits per heavy atom. The molecular weight excluding hydrogens is 335 g/mol. The van der Waals surface area contributed by atoms with Gasteiger partial charge < -0.3 is 19.8 Å². The zero-order valence-corrected chi connectivity index (χ0v) is 13.7. The van der Waals surface area contributed by atoms with Gasteiger partial charge in [0.2, 0.25) is 0 Å². The highest BCUT2D eigenvalue weighted by molar-refractivity contribution is 6.61. The summed E-state index contributed by atoms with van der Waals surface area (Å²) in [6, 6.07) is 8.82. The summed E-state index contributed by atoms with van der Waals surface area (Å²) < 4.78 is 10.4. The number of fused-ring (bicyclic) bond motifs is 2. The van der Waals surface area contributed by atoms with Crippen LogP contribution in [0.4, 0.5) is 5.69 Å². The molecule has 2 aromatic carbocycles. The summed E-state index contributed by atoms with van der Waals surface area (Å²) >= 11 is 0. The molecule has 0 spiro atoms. The molecule has 0 aliphatic heterocycles. The fourth-order valence-electron chi connectivity index (χ4n) is 2.90. The summed E-state index contributed by atoms with van der Waals surface area (Å²) in [7, 11) is -1.40. The van der Waals surface area contributed by atoms with Gasteiger partial charge in [-0.2, -0.15) is 10.2 Å². The van der Waals surface area contributed by atoms with Crippen molar-refractivity contribution in [1.29, 1.82) is 0 Å². The average molecular weight is 348 g/mol. The number of aryl methyl sites for hydroxylation is 1. The minimum Gasteiger partial charge on any atom is -0.508 e. The van der Waals surface area contributed by atoms with Crippen LogP contribution in [0, 0.1) is 6.92 Å². The van der Waals surface area contributed by atoms with Crippen LogP contribution < -0.4 is 11.2 Å². The van der Waals surface area contributed by atoms with E-state index < -0.39 is 7.12 Å². The molecule has 0 aliphatic rings. The standard InChI is InChI=1S/C17H13BN4O4/c1-9-21-16-6-11(18(24)25-8-23)5-13(17(16)26-9)10-2-3-12-14(19)7-20-22-15(12)4-10/h2-8,24H,1H3,(H2,19,22). The Labute approximate surface area is 147 Å². The maximum atomic E-state index is 10.5. The van der Waals surface area contributed by atoms with Gasteiger partial charge >= 0.3 is 7.12 Å². The zero-order valence-electron chi connectivity index (χ0n) is 13.7. The number of carbonyl (C=O) groups excluding carboxylic acids is 1. The van der Waals surface area contributed by atoms with Crippen LogP contribution in [0.5, 0.6) is 0 Å². The number of oxazole rings is 1. The van der Waals surface area contributed by atoms with Crippen LogP contribution in [0.2, 0.25) is 0 Å². The number of nitrogen functional groups attached to an aromatic ring is 1. The van der Waals surface area contributed by atoms with E-state index in [9.17, 15) is 9.82 Å². The molecule has 4 rings (SSSR count). The SMILES string of the molecule is Cc1nc2cc(B(O)OC=O)cc(-c3ccc4c(N)cnnc4c3)c2o1. The number of hydrogen-bond acceptors (Lipinski definition) is 8. The molecule has 0 saturated heterocycles. The summed E-state index contributed by atoms with van der Waals surface area (Å²) in [4.78, 5) is 14.9. The highest BCUT2D eigenvalue weighted by atomic mass is 16.5. The number of rotatable bonds is 4. The third-order valence-electron chi connectivity index (χ3n) is 4.07. The predicted molar refractivity (Wildman–Crippen MR) is 96.4 cm³/mol. The van der Waals surface area contributed by atoms with Gasteiger partial charge in [0, 0.05) is 17.9 Å². The second kappa shape index (κ2) is 6.12. The van der Waals surface area contributed by atoms with Crippen LogP contribution in [-0.4, -0.2) is 33.8 Å². The van der Waals surface area contributed by atoms with Crippen molar-refractivity contribution in [3.63, 3.8) is 0 Å². The zero-order chi connectivity index (χ0) is 18.3. The topological polar surface area (TPSA) is 124 Å². The number of anilines is 1. The van der Waals surface area contributed by atoms with E-state index >= 15 is 0 Å². The van der Waals surface area contributed by atoms with E-state index in [4.69, 9.17) is 10.2 Å². The molecule has 0 atom stereocenters. The van der Waals surface area contributed by atoms with E-state index in [-0.39, 0.29) is 6.47 Å². The number of nitrogens with zero attached hydrogens (tertiary/aromatic N) is 3. The molecule has 8 nitrogen and oxygen atoms in total. The number of hydrogen-bond donors (Lipinski definition) is 2. The van der Waals surface area contributed by atoms with Crippen LogP contribution >= 0.6 is 0 Å². The van der Waals surface area contributed by atoms with Crippen molar-refractivity contribution in [3.8, 4) is 11.1 Å². The van der Waals surface area contributed by atoms with Crippen molar-refractivity contribution in [2.45, 2.75) is 6.92 Å². The van der Waals surface area contributed by atoms with E-state index in [1.807, 2.05) is 18.2 Å². The van der Waals surface area contributed by atoms with Gasteiger partial charge in [-0.3, -0.25) is 4.79 Å². The van der Waals surface area contributed by atoms with Gasteiger partial charge in [0.15, 0.2) is 11.5 Å². The van der Waals surface area contributed by atoms with Gasteiger partial charge in [0.1, 0.15) is 5.52 Å². The molecule has 26 heavy (non-hydrogen) atoms. The predicted octanol–water partition coefficient (Wildman–Crippen LogP) is 1.19. The van der Waals surface area contributed by atoms with Crippen LogP contribution in [0.15, 0.2) is 40.9 Å². The fourth-order valence-corrected chi connectivity index (χ4v) is 2.90. The molecule has 0 amide bonds. The minimum atomic E-state index is -1.40. The summed E-state index contributed by atoms with van der Waals surface area (Å²) in [5.74, 6) is 0.481. The molecular formula is C17H13BN4O4. The molecule has 4 aromatic rings. The molecule has 0 bridgehead atoms. The Kier molecular flexibility index (Phi) is 3.78. The van der Waals surface area contributed by atoms with Gasteiger partial charge in [-0.1, -0.05) is 6.07 Å². The molecule has 0 fully saturated rings. The largest absolute Gasteiger partial charge is 0.561 e. The second-order valence-corrected chi connectivity index (χ2v) is 5.77. The van der Waals surface area contributed by atoms with Gasteiger partial charge in [-0.25, -0.2) is 4.98 Å². The van der Waals surface area contributed by atoms with E-state index in [1.165, 1.54) is 6.20 Å². The molecule has 0 unspecified atom stereocenters. The summed E-state index contributed by atoms with van der Waals surface area (Å²) in [5, 5.41) is 18.8.